The van der Waals surface area contributed by atoms with Gasteiger partial charge < -0.3 is 15.5 Å². The molecule has 0 atom stereocenters. The molecule has 26 heavy (non-hydrogen) atoms. The van der Waals surface area contributed by atoms with Gasteiger partial charge in [-0.2, -0.15) is 5.10 Å². The molecule has 2 heterocycles. The number of benzene rings is 1. The van der Waals surface area contributed by atoms with Crippen molar-refractivity contribution in [3.05, 3.63) is 48.0 Å². The molecule has 1 aromatic carbocycles. The number of fused-ring (bicyclic) bond motifs is 1. The van der Waals surface area contributed by atoms with Crippen LogP contribution in [-0.2, 0) is 20.1 Å². The molecule has 0 saturated heterocycles. The number of aliphatic imine (C=N–C) groups is 1. The van der Waals surface area contributed by atoms with E-state index in [2.05, 4.69) is 37.8 Å². The van der Waals surface area contributed by atoms with E-state index in [4.69, 9.17) is 4.98 Å². The molecule has 3 aromatic rings. The quantitative estimate of drug-likeness (QED) is 0.532. The van der Waals surface area contributed by atoms with Crippen LogP contribution < -0.4 is 15.5 Å². The molecule has 2 aromatic heterocycles. The lowest BCUT2D eigenvalue weighted by molar-refractivity contribution is 0.673. The molecule has 136 valence electrons. The zero-order valence-corrected chi connectivity index (χ0v) is 15.6. The van der Waals surface area contributed by atoms with Gasteiger partial charge in [0.1, 0.15) is 18.0 Å². The summed E-state index contributed by atoms with van der Waals surface area (Å²) in [6, 6.07) is 10.3. The van der Waals surface area contributed by atoms with Gasteiger partial charge in [0.2, 0.25) is 0 Å². The largest absolute Gasteiger partial charge is 0.363 e. The van der Waals surface area contributed by atoms with E-state index in [1.807, 2.05) is 44.2 Å². The van der Waals surface area contributed by atoms with Crippen LogP contribution in [0.15, 0.2) is 41.7 Å². The van der Waals surface area contributed by atoms with Gasteiger partial charge in [0.25, 0.3) is 0 Å². The molecule has 0 aliphatic rings. The van der Waals surface area contributed by atoms with Crippen LogP contribution in [0.1, 0.15) is 11.4 Å². The standard InChI is InChI=1S/C18H24N8/c1-19-18(21-11-17-22-12-23-26(17)4)20-10-13-9-16(25(2)3)24-15-8-6-5-7-14(13)15/h5-9,12H,10-11H2,1-4H3,(H2,19,20,21). The third-order valence-electron chi connectivity index (χ3n) is 4.14. The van der Waals surface area contributed by atoms with Crippen molar-refractivity contribution in [2.24, 2.45) is 12.0 Å². The zero-order chi connectivity index (χ0) is 18.5. The van der Waals surface area contributed by atoms with Crippen molar-refractivity contribution in [2.75, 3.05) is 26.0 Å². The fourth-order valence-electron chi connectivity index (χ4n) is 2.65. The number of nitrogens with one attached hydrogen (secondary N) is 2. The number of nitrogens with zero attached hydrogens (tertiary/aromatic N) is 6. The molecule has 0 radical (unpaired) electrons. The second-order valence-electron chi connectivity index (χ2n) is 6.13. The first kappa shape index (κ1) is 17.7. The Morgan fingerprint density at radius 3 is 2.65 bits per heavy atom. The normalized spacial score (nSPS) is 11.6. The molecule has 0 fully saturated rings. The summed E-state index contributed by atoms with van der Waals surface area (Å²) < 4.78 is 1.74. The van der Waals surface area contributed by atoms with Gasteiger partial charge in [0, 0.05) is 40.1 Å². The second-order valence-corrected chi connectivity index (χ2v) is 6.13. The summed E-state index contributed by atoms with van der Waals surface area (Å²) in [5.41, 5.74) is 2.15. The molecular formula is C18H24N8. The fourth-order valence-corrected chi connectivity index (χ4v) is 2.65. The Morgan fingerprint density at radius 1 is 1.19 bits per heavy atom. The number of hydrogen-bond acceptors (Lipinski definition) is 5. The Kier molecular flexibility index (Phi) is 5.31. The van der Waals surface area contributed by atoms with Crippen LogP contribution in [0.4, 0.5) is 5.82 Å². The third-order valence-corrected chi connectivity index (χ3v) is 4.14. The van der Waals surface area contributed by atoms with Crippen molar-refractivity contribution in [3.8, 4) is 0 Å². The van der Waals surface area contributed by atoms with E-state index in [0.717, 1.165) is 22.5 Å². The van der Waals surface area contributed by atoms with E-state index in [-0.39, 0.29) is 0 Å². The van der Waals surface area contributed by atoms with Crippen molar-refractivity contribution < 1.29 is 0 Å². The topological polar surface area (TPSA) is 83.3 Å². The summed E-state index contributed by atoms with van der Waals surface area (Å²) in [5.74, 6) is 2.49. The molecule has 0 unspecified atom stereocenters. The highest BCUT2D eigenvalue weighted by Crippen LogP contribution is 2.21. The molecule has 0 spiro atoms. The van der Waals surface area contributed by atoms with E-state index in [9.17, 15) is 0 Å². The number of anilines is 1. The van der Waals surface area contributed by atoms with E-state index in [0.29, 0.717) is 19.0 Å². The number of pyridine rings is 1. The minimum Gasteiger partial charge on any atom is -0.363 e. The second kappa shape index (κ2) is 7.81. The first-order valence-electron chi connectivity index (χ1n) is 8.42. The van der Waals surface area contributed by atoms with Gasteiger partial charge in [-0.15, -0.1) is 0 Å². The first-order valence-corrected chi connectivity index (χ1v) is 8.42. The summed E-state index contributed by atoms with van der Waals surface area (Å²) in [6.07, 6.45) is 1.54. The van der Waals surface area contributed by atoms with Crippen LogP contribution in [0.25, 0.3) is 10.9 Å². The number of hydrogen-bond donors (Lipinski definition) is 2. The van der Waals surface area contributed by atoms with E-state index in [1.54, 1.807) is 18.1 Å². The molecule has 8 nitrogen and oxygen atoms in total. The van der Waals surface area contributed by atoms with Gasteiger partial charge in [0.05, 0.1) is 12.1 Å². The van der Waals surface area contributed by atoms with Crippen molar-refractivity contribution in [2.45, 2.75) is 13.1 Å². The lowest BCUT2D eigenvalue weighted by Gasteiger charge is -2.16. The SMILES string of the molecule is CN=C(NCc1cc(N(C)C)nc2ccccc12)NCc1ncnn1C. The minimum absolute atomic E-state index is 0.552. The number of para-hydroxylation sites is 1. The summed E-state index contributed by atoms with van der Waals surface area (Å²) in [6.45, 7) is 1.19. The zero-order valence-electron chi connectivity index (χ0n) is 15.6. The summed E-state index contributed by atoms with van der Waals surface area (Å²) >= 11 is 0. The average molecular weight is 352 g/mol. The highest BCUT2D eigenvalue weighted by Gasteiger charge is 2.08. The van der Waals surface area contributed by atoms with E-state index in [1.165, 1.54) is 5.56 Å². The molecule has 0 amide bonds. The van der Waals surface area contributed by atoms with E-state index >= 15 is 0 Å². The Bertz CT molecular complexity index is 912. The smallest absolute Gasteiger partial charge is 0.191 e. The molecule has 0 aliphatic carbocycles. The molecule has 3 rings (SSSR count). The van der Waals surface area contributed by atoms with Crippen molar-refractivity contribution in [3.63, 3.8) is 0 Å². The van der Waals surface area contributed by atoms with Crippen LogP contribution in [-0.4, -0.2) is 46.9 Å². The molecular weight excluding hydrogens is 328 g/mol. The lowest BCUT2D eigenvalue weighted by atomic mass is 10.1. The highest BCUT2D eigenvalue weighted by molar-refractivity contribution is 5.85. The van der Waals surface area contributed by atoms with Crippen molar-refractivity contribution >= 4 is 22.7 Å². The van der Waals surface area contributed by atoms with E-state index < -0.39 is 0 Å². The number of rotatable bonds is 5. The molecule has 2 N–H and O–H groups in total. The van der Waals surface area contributed by atoms with Gasteiger partial charge in [0.15, 0.2) is 5.96 Å². The fraction of sp³-hybridized carbons (Fsp3) is 0.333. The number of guanidine groups is 1. The average Bonchev–Trinajstić information content (AvgIpc) is 3.06. The Balaban J connectivity index is 1.74. The minimum atomic E-state index is 0.552. The van der Waals surface area contributed by atoms with Crippen LogP contribution in [0.3, 0.4) is 0 Å². The first-order chi connectivity index (χ1) is 12.6. The van der Waals surface area contributed by atoms with Gasteiger partial charge in [-0.1, -0.05) is 18.2 Å². The Labute approximate surface area is 153 Å². The summed E-state index contributed by atoms with van der Waals surface area (Å²) in [4.78, 5) is 15.2. The van der Waals surface area contributed by atoms with Gasteiger partial charge in [-0.3, -0.25) is 9.67 Å². The Hall–Kier alpha value is -3.16. The molecule has 0 saturated carbocycles. The van der Waals surface area contributed by atoms with Gasteiger partial charge >= 0.3 is 0 Å². The maximum Gasteiger partial charge on any atom is 0.191 e. The van der Waals surface area contributed by atoms with Crippen LogP contribution in [0, 0.1) is 0 Å². The summed E-state index contributed by atoms with van der Waals surface area (Å²) in [7, 11) is 7.61. The van der Waals surface area contributed by atoms with Crippen molar-refractivity contribution in [1.29, 1.82) is 0 Å². The molecule has 0 aliphatic heterocycles. The van der Waals surface area contributed by atoms with Gasteiger partial charge in [-0.05, 0) is 17.7 Å². The number of aryl methyl sites for hydroxylation is 1. The molecule has 0 bridgehead atoms. The van der Waals surface area contributed by atoms with Crippen LogP contribution >= 0.6 is 0 Å². The molecule has 8 heteroatoms. The number of aromatic nitrogens is 4. The van der Waals surface area contributed by atoms with Crippen molar-refractivity contribution in [1.82, 2.24) is 30.4 Å². The maximum atomic E-state index is 4.70. The van der Waals surface area contributed by atoms with Crippen LogP contribution in [0.2, 0.25) is 0 Å². The monoisotopic (exact) mass is 352 g/mol. The summed E-state index contributed by atoms with van der Waals surface area (Å²) in [5, 5.41) is 11.8. The predicted molar refractivity (Wildman–Crippen MR) is 104 cm³/mol. The predicted octanol–water partition coefficient (Wildman–Crippen LogP) is 1.29. The maximum absolute atomic E-state index is 4.70. The highest BCUT2D eigenvalue weighted by atomic mass is 15.3. The van der Waals surface area contributed by atoms with Crippen LogP contribution in [0.5, 0.6) is 0 Å². The third kappa shape index (κ3) is 3.90. The van der Waals surface area contributed by atoms with Gasteiger partial charge in [-0.25, -0.2) is 9.97 Å². The lowest BCUT2D eigenvalue weighted by Crippen LogP contribution is -2.37. The Morgan fingerprint density at radius 2 is 1.96 bits per heavy atom.